The van der Waals surface area contributed by atoms with Gasteiger partial charge in [-0.25, -0.2) is 9.97 Å². The van der Waals surface area contributed by atoms with E-state index in [0.29, 0.717) is 33.2 Å². The zero-order valence-corrected chi connectivity index (χ0v) is 14.8. The van der Waals surface area contributed by atoms with Crippen molar-refractivity contribution in [3.8, 4) is 0 Å². The number of carbonyl (C=O) groups is 1. The van der Waals surface area contributed by atoms with Gasteiger partial charge in [-0.1, -0.05) is 30.1 Å². The third-order valence-electron chi connectivity index (χ3n) is 4.09. The van der Waals surface area contributed by atoms with Crippen LogP contribution >= 0.6 is 23.2 Å². The lowest BCUT2D eigenvalue weighted by atomic mass is 9.99. The zero-order chi connectivity index (χ0) is 17.1. The lowest BCUT2D eigenvalue weighted by molar-refractivity contribution is 0.0691. The summed E-state index contributed by atoms with van der Waals surface area (Å²) in [5.41, 5.74) is 1.09. The van der Waals surface area contributed by atoms with E-state index in [2.05, 4.69) is 22.2 Å². The second-order valence-electron chi connectivity index (χ2n) is 6.05. The minimum absolute atomic E-state index is 0.0588. The molecule has 1 aliphatic rings. The van der Waals surface area contributed by atoms with Gasteiger partial charge in [0.05, 0.1) is 0 Å². The van der Waals surface area contributed by atoms with Crippen LogP contribution in [0.15, 0.2) is 30.6 Å². The number of halogens is 2. The second-order valence-corrected chi connectivity index (χ2v) is 6.92. The molecule has 0 atom stereocenters. The Bertz CT molecular complexity index is 725. The second kappa shape index (κ2) is 7.36. The van der Waals surface area contributed by atoms with E-state index < -0.39 is 0 Å². The standard InChI is InChI=1S/C17H18Cl2N4O/c1-11-2-4-23(5-3-11)17(24)15-9-16(21-10-20-15)22-14-7-12(18)6-13(19)8-14/h6-11H,2-5H2,1H3,(H,20,21,22). The highest BCUT2D eigenvalue weighted by atomic mass is 35.5. The fraction of sp³-hybridized carbons (Fsp3) is 0.353. The molecular formula is C17H18Cl2N4O. The molecule has 0 aliphatic carbocycles. The summed E-state index contributed by atoms with van der Waals surface area (Å²) in [6, 6.07) is 6.78. The third kappa shape index (κ3) is 4.16. The Hall–Kier alpha value is -1.85. The Morgan fingerprint density at radius 3 is 2.46 bits per heavy atom. The molecule has 1 saturated heterocycles. The molecule has 0 radical (unpaired) electrons. The lowest BCUT2D eigenvalue weighted by Crippen LogP contribution is -2.38. The van der Waals surface area contributed by atoms with Crippen molar-refractivity contribution in [2.24, 2.45) is 5.92 Å². The molecule has 1 aliphatic heterocycles. The van der Waals surface area contributed by atoms with Crippen LogP contribution in [-0.2, 0) is 0 Å². The van der Waals surface area contributed by atoms with Crippen molar-refractivity contribution in [2.45, 2.75) is 19.8 Å². The molecule has 0 unspecified atom stereocenters. The Morgan fingerprint density at radius 1 is 1.12 bits per heavy atom. The van der Waals surface area contributed by atoms with Crippen molar-refractivity contribution < 1.29 is 4.79 Å². The molecule has 2 heterocycles. The molecule has 2 aromatic rings. The van der Waals surface area contributed by atoms with Crippen LogP contribution in [0.25, 0.3) is 0 Å². The molecule has 7 heteroatoms. The van der Waals surface area contributed by atoms with Gasteiger partial charge in [0.2, 0.25) is 0 Å². The number of anilines is 2. The largest absolute Gasteiger partial charge is 0.340 e. The number of amides is 1. The van der Waals surface area contributed by atoms with E-state index in [9.17, 15) is 4.79 Å². The van der Waals surface area contributed by atoms with Crippen LogP contribution in [0.5, 0.6) is 0 Å². The van der Waals surface area contributed by atoms with Crippen molar-refractivity contribution >= 4 is 40.6 Å². The van der Waals surface area contributed by atoms with Crippen molar-refractivity contribution in [3.05, 3.63) is 46.3 Å². The number of rotatable bonds is 3. The normalized spacial score (nSPS) is 15.4. The van der Waals surface area contributed by atoms with Crippen molar-refractivity contribution in [1.29, 1.82) is 0 Å². The minimum atomic E-state index is -0.0588. The van der Waals surface area contributed by atoms with Crippen LogP contribution in [0.4, 0.5) is 11.5 Å². The molecule has 0 saturated carbocycles. The van der Waals surface area contributed by atoms with E-state index in [1.165, 1.54) is 6.33 Å². The lowest BCUT2D eigenvalue weighted by Gasteiger charge is -2.30. The highest BCUT2D eigenvalue weighted by molar-refractivity contribution is 6.35. The molecule has 1 amide bonds. The van der Waals surface area contributed by atoms with Gasteiger partial charge >= 0.3 is 0 Å². The first kappa shape index (κ1) is 17.0. The molecule has 24 heavy (non-hydrogen) atoms. The van der Waals surface area contributed by atoms with Gasteiger partial charge in [-0.15, -0.1) is 0 Å². The van der Waals surface area contributed by atoms with Crippen molar-refractivity contribution in [3.63, 3.8) is 0 Å². The first-order chi connectivity index (χ1) is 11.5. The van der Waals surface area contributed by atoms with E-state index in [4.69, 9.17) is 23.2 Å². The fourth-order valence-corrected chi connectivity index (χ4v) is 3.22. The summed E-state index contributed by atoms with van der Waals surface area (Å²) in [5, 5.41) is 4.15. The maximum absolute atomic E-state index is 12.6. The number of aromatic nitrogens is 2. The van der Waals surface area contributed by atoms with Gasteiger partial charge in [0.1, 0.15) is 17.8 Å². The van der Waals surface area contributed by atoms with E-state index in [1.807, 2.05) is 4.90 Å². The van der Waals surface area contributed by atoms with Crippen LogP contribution in [0.3, 0.4) is 0 Å². The number of nitrogens with one attached hydrogen (secondary N) is 1. The molecule has 1 aromatic heterocycles. The third-order valence-corrected chi connectivity index (χ3v) is 4.53. The minimum Gasteiger partial charge on any atom is -0.340 e. The van der Waals surface area contributed by atoms with Gasteiger partial charge in [-0.2, -0.15) is 0 Å². The van der Waals surface area contributed by atoms with Gasteiger partial charge in [0, 0.05) is 34.9 Å². The molecule has 0 bridgehead atoms. The zero-order valence-electron chi connectivity index (χ0n) is 13.3. The fourth-order valence-electron chi connectivity index (χ4n) is 2.69. The van der Waals surface area contributed by atoms with E-state index in [1.54, 1.807) is 24.3 Å². The number of carbonyl (C=O) groups excluding carboxylic acids is 1. The quantitative estimate of drug-likeness (QED) is 0.876. The number of piperidine rings is 1. The summed E-state index contributed by atoms with van der Waals surface area (Å²) in [7, 11) is 0. The molecule has 5 nitrogen and oxygen atoms in total. The Morgan fingerprint density at radius 2 is 1.79 bits per heavy atom. The maximum Gasteiger partial charge on any atom is 0.272 e. The van der Waals surface area contributed by atoms with E-state index in [-0.39, 0.29) is 5.91 Å². The monoisotopic (exact) mass is 364 g/mol. The predicted octanol–water partition coefficient (Wildman–Crippen LogP) is 4.40. The van der Waals surface area contributed by atoms with Gasteiger partial charge < -0.3 is 10.2 Å². The molecule has 0 spiro atoms. The smallest absolute Gasteiger partial charge is 0.272 e. The summed E-state index contributed by atoms with van der Waals surface area (Å²) in [5.74, 6) is 1.14. The topological polar surface area (TPSA) is 58.1 Å². The summed E-state index contributed by atoms with van der Waals surface area (Å²) in [6.45, 7) is 3.76. The molecule has 3 rings (SSSR count). The number of benzene rings is 1. The summed E-state index contributed by atoms with van der Waals surface area (Å²) >= 11 is 12.0. The van der Waals surface area contributed by atoms with E-state index >= 15 is 0 Å². The Labute approximate surface area is 151 Å². The van der Waals surface area contributed by atoms with Crippen LogP contribution in [0, 0.1) is 5.92 Å². The van der Waals surface area contributed by atoms with Crippen LogP contribution in [-0.4, -0.2) is 33.9 Å². The van der Waals surface area contributed by atoms with Gasteiger partial charge in [0.15, 0.2) is 0 Å². The SMILES string of the molecule is CC1CCN(C(=O)c2cc(Nc3cc(Cl)cc(Cl)c3)ncn2)CC1. The summed E-state index contributed by atoms with van der Waals surface area (Å²) in [4.78, 5) is 22.7. The highest BCUT2D eigenvalue weighted by Gasteiger charge is 2.22. The first-order valence-corrected chi connectivity index (χ1v) is 8.61. The molecule has 1 aromatic carbocycles. The number of likely N-dealkylation sites (tertiary alicyclic amines) is 1. The highest BCUT2D eigenvalue weighted by Crippen LogP contribution is 2.25. The molecule has 126 valence electrons. The molecular weight excluding hydrogens is 347 g/mol. The number of nitrogens with zero attached hydrogens (tertiary/aromatic N) is 3. The van der Waals surface area contributed by atoms with Gasteiger partial charge in [-0.3, -0.25) is 4.79 Å². The van der Waals surface area contributed by atoms with Gasteiger partial charge in [0.25, 0.3) is 5.91 Å². The van der Waals surface area contributed by atoms with Crippen LogP contribution < -0.4 is 5.32 Å². The van der Waals surface area contributed by atoms with E-state index in [0.717, 1.165) is 25.9 Å². The number of hydrogen-bond acceptors (Lipinski definition) is 4. The number of hydrogen-bond donors (Lipinski definition) is 1. The van der Waals surface area contributed by atoms with Crippen LogP contribution in [0.2, 0.25) is 10.0 Å². The van der Waals surface area contributed by atoms with Gasteiger partial charge in [-0.05, 0) is 37.0 Å². The van der Waals surface area contributed by atoms with Crippen molar-refractivity contribution in [2.75, 3.05) is 18.4 Å². The summed E-state index contributed by atoms with van der Waals surface area (Å²) in [6.07, 6.45) is 3.44. The molecule has 1 N–H and O–H groups in total. The first-order valence-electron chi connectivity index (χ1n) is 7.86. The van der Waals surface area contributed by atoms with Crippen molar-refractivity contribution in [1.82, 2.24) is 14.9 Å². The summed E-state index contributed by atoms with van der Waals surface area (Å²) < 4.78 is 0. The average molecular weight is 365 g/mol. The Balaban J connectivity index is 1.75. The Kier molecular flexibility index (Phi) is 5.21. The van der Waals surface area contributed by atoms with Crippen LogP contribution in [0.1, 0.15) is 30.3 Å². The predicted molar refractivity (Wildman–Crippen MR) is 96.1 cm³/mol. The maximum atomic E-state index is 12.6. The molecule has 1 fully saturated rings. The average Bonchev–Trinajstić information content (AvgIpc) is 2.54.